The Bertz CT molecular complexity index is 960. The molecule has 0 aromatic heterocycles. The first kappa shape index (κ1) is 23.3. The van der Waals surface area contributed by atoms with Gasteiger partial charge < -0.3 is 20.5 Å². The number of carbonyl (C=O) groups is 1. The Kier molecular flexibility index (Phi) is 8.66. The van der Waals surface area contributed by atoms with Crippen LogP contribution in [0.1, 0.15) is 12.5 Å². The zero-order chi connectivity index (χ0) is 22.8. The maximum absolute atomic E-state index is 13.0. The van der Waals surface area contributed by atoms with Crippen LogP contribution in [0, 0.1) is 0 Å². The van der Waals surface area contributed by atoms with Gasteiger partial charge in [-0.1, -0.05) is 54.6 Å². The molecule has 3 N–H and O–H groups in total. The van der Waals surface area contributed by atoms with Gasteiger partial charge in [0, 0.05) is 31.9 Å². The van der Waals surface area contributed by atoms with E-state index in [-0.39, 0.29) is 12.1 Å². The van der Waals surface area contributed by atoms with Gasteiger partial charge in [-0.2, -0.15) is 0 Å². The van der Waals surface area contributed by atoms with Gasteiger partial charge in [-0.25, -0.2) is 4.79 Å². The normalized spacial score (nSPS) is 11.6. The van der Waals surface area contributed by atoms with Crippen LogP contribution in [0.25, 0.3) is 11.1 Å². The van der Waals surface area contributed by atoms with Crippen molar-refractivity contribution in [2.45, 2.75) is 19.5 Å². The van der Waals surface area contributed by atoms with E-state index in [4.69, 9.17) is 15.2 Å². The number of benzene rings is 3. The number of hydrogen-bond donors (Lipinski definition) is 2. The Hall–Kier alpha value is -3.35. The minimum atomic E-state index is -0.298. The average Bonchev–Trinajstić information content (AvgIpc) is 2.83. The second-order valence-corrected chi connectivity index (χ2v) is 7.47. The number of anilines is 1. The van der Waals surface area contributed by atoms with Gasteiger partial charge in [-0.05, 0) is 47.9 Å². The lowest BCUT2D eigenvalue weighted by Gasteiger charge is -2.26. The number of ether oxygens (including phenoxy) is 2. The predicted molar refractivity (Wildman–Crippen MR) is 129 cm³/mol. The van der Waals surface area contributed by atoms with Gasteiger partial charge in [0.05, 0.1) is 13.2 Å². The molecule has 6 nitrogen and oxygen atoms in total. The number of carbonyl (C=O) groups excluding carboxylic acids is 1. The summed E-state index contributed by atoms with van der Waals surface area (Å²) in [6.07, 6.45) is 0. The van der Waals surface area contributed by atoms with Crippen molar-refractivity contribution in [2.24, 2.45) is 5.73 Å². The molecule has 168 valence electrons. The third-order valence-corrected chi connectivity index (χ3v) is 5.01. The van der Waals surface area contributed by atoms with E-state index in [1.165, 1.54) is 0 Å². The van der Waals surface area contributed by atoms with E-state index in [1.54, 1.807) is 12.0 Å². The monoisotopic (exact) mass is 433 g/mol. The molecule has 0 bridgehead atoms. The van der Waals surface area contributed by atoms with Gasteiger partial charge in [-0.3, -0.25) is 4.90 Å². The van der Waals surface area contributed by atoms with Crippen LogP contribution in [0.4, 0.5) is 10.5 Å². The molecule has 3 rings (SSSR count). The highest BCUT2D eigenvalue weighted by molar-refractivity contribution is 5.92. The minimum absolute atomic E-state index is 0.200. The number of rotatable bonds is 10. The molecular formula is C26H31N3O3. The Morgan fingerprint density at radius 2 is 1.59 bits per heavy atom. The largest absolute Gasteiger partial charge is 0.494 e. The number of hydrogen-bond acceptors (Lipinski definition) is 4. The van der Waals surface area contributed by atoms with Gasteiger partial charge in [0.2, 0.25) is 0 Å². The highest BCUT2D eigenvalue weighted by atomic mass is 16.5. The molecule has 0 saturated heterocycles. The van der Waals surface area contributed by atoms with E-state index in [1.807, 2.05) is 85.8 Å². The fourth-order valence-electron chi connectivity index (χ4n) is 3.42. The van der Waals surface area contributed by atoms with Crippen molar-refractivity contribution in [3.8, 4) is 16.9 Å². The van der Waals surface area contributed by atoms with Crippen LogP contribution in [0.15, 0.2) is 78.9 Å². The smallest absolute Gasteiger partial charge is 0.322 e. The molecular weight excluding hydrogens is 402 g/mol. The first-order valence-electron chi connectivity index (χ1n) is 10.8. The summed E-state index contributed by atoms with van der Waals surface area (Å²) in [7, 11) is 1.60. The van der Waals surface area contributed by atoms with Crippen molar-refractivity contribution in [1.29, 1.82) is 0 Å². The van der Waals surface area contributed by atoms with Crippen LogP contribution in [0.5, 0.6) is 5.75 Å². The molecule has 0 aliphatic rings. The SMILES string of the molecule is CCOc1ccc(-c2ccc(N(CC(N)COC)C(=O)NCc3ccccc3)cc2)cc1. The van der Waals surface area contributed by atoms with Gasteiger partial charge in [-0.15, -0.1) is 0 Å². The van der Waals surface area contributed by atoms with Crippen molar-refractivity contribution in [1.82, 2.24) is 5.32 Å². The first-order chi connectivity index (χ1) is 15.6. The quantitative estimate of drug-likeness (QED) is 0.496. The molecule has 1 unspecified atom stereocenters. The van der Waals surface area contributed by atoms with E-state index in [0.717, 1.165) is 28.1 Å². The number of nitrogens with zero attached hydrogens (tertiary/aromatic N) is 1. The lowest BCUT2D eigenvalue weighted by atomic mass is 10.0. The fraction of sp³-hybridized carbons (Fsp3) is 0.269. The van der Waals surface area contributed by atoms with Gasteiger partial charge in [0.15, 0.2) is 0 Å². The number of urea groups is 1. The molecule has 0 heterocycles. The van der Waals surface area contributed by atoms with E-state index in [2.05, 4.69) is 5.32 Å². The highest BCUT2D eigenvalue weighted by Crippen LogP contribution is 2.25. The Labute approximate surface area is 190 Å². The third-order valence-electron chi connectivity index (χ3n) is 5.01. The van der Waals surface area contributed by atoms with Gasteiger partial charge in [0.25, 0.3) is 0 Å². The summed E-state index contributed by atoms with van der Waals surface area (Å²) in [4.78, 5) is 14.7. The number of nitrogens with two attached hydrogens (primary N) is 1. The Balaban J connectivity index is 1.75. The second-order valence-electron chi connectivity index (χ2n) is 7.47. The van der Waals surface area contributed by atoms with Crippen molar-refractivity contribution < 1.29 is 14.3 Å². The molecule has 1 atom stereocenters. The zero-order valence-corrected chi connectivity index (χ0v) is 18.7. The average molecular weight is 434 g/mol. The lowest BCUT2D eigenvalue weighted by Crippen LogP contribution is -2.47. The lowest BCUT2D eigenvalue weighted by molar-refractivity contribution is 0.181. The topological polar surface area (TPSA) is 76.8 Å². The standard InChI is InChI=1S/C26H31N3O3/c1-3-32-25-15-11-22(12-16-25)21-9-13-24(14-10-21)29(18-23(27)19-31-2)26(30)28-17-20-7-5-4-6-8-20/h4-16,23H,3,17-19,27H2,1-2H3,(H,28,30). The number of nitrogens with one attached hydrogen (secondary N) is 1. The van der Waals surface area contributed by atoms with Crippen LogP contribution in [0.3, 0.4) is 0 Å². The number of amides is 2. The van der Waals surface area contributed by atoms with E-state index in [0.29, 0.717) is 26.3 Å². The summed E-state index contributed by atoms with van der Waals surface area (Å²) in [5, 5.41) is 2.99. The maximum Gasteiger partial charge on any atom is 0.322 e. The van der Waals surface area contributed by atoms with E-state index < -0.39 is 0 Å². The minimum Gasteiger partial charge on any atom is -0.494 e. The summed E-state index contributed by atoms with van der Waals surface area (Å²) in [5.41, 5.74) is 10.1. The number of methoxy groups -OCH3 is 1. The summed E-state index contributed by atoms with van der Waals surface area (Å²) < 4.78 is 10.7. The molecule has 0 saturated carbocycles. The summed E-state index contributed by atoms with van der Waals surface area (Å²) >= 11 is 0. The molecule has 0 radical (unpaired) electrons. The van der Waals surface area contributed by atoms with Crippen LogP contribution in [-0.4, -0.2) is 38.9 Å². The molecule has 3 aromatic rings. The van der Waals surface area contributed by atoms with Crippen LogP contribution in [-0.2, 0) is 11.3 Å². The maximum atomic E-state index is 13.0. The molecule has 0 fully saturated rings. The molecule has 0 spiro atoms. The van der Waals surface area contributed by atoms with Crippen LogP contribution < -0.4 is 20.7 Å². The molecule has 2 amide bonds. The molecule has 0 aliphatic carbocycles. The third kappa shape index (κ3) is 6.57. The second kappa shape index (κ2) is 11.9. The Morgan fingerprint density at radius 1 is 0.969 bits per heavy atom. The van der Waals surface area contributed by atoms with Crippen molar-refractivity contribution >= 4 is 11.7 Å². The summed E-state index contributed by atoms with van der Waals surface area (Å²) in [6.45, 7) is 3.76. The zero-order valence-electron chi connectivity index (χ0n) is 18.7. The first-order valence-corrected chi connectivity index (χ1v) is 10.8. The van der Waals surface area contributed by atoms with Gasteiger partial charge >= 0.3 is 6.03 Å². The molecule has 6 heteroatoms. The highest BCUT2D eigenvalue weighted by Gasteiger charge is 2.19. The fourth-order valence-corrected chi connectivity index (χ4v) is 3.42. The van der Waals surface area contributed by atoms with Gasteiger partial charge in [0.1, 0.15) is 5.75 Å². The van der Waals surface area contributed by atoms with Crippen LogP contribution in [0.2, 0.25) is 0 Å². The van der Waals surface area contributed by atoms with Crippen LogP contribution >= 0.6 is 0 Å². The Morgan fingerprint density at radius 3 is 2.19 bits per heavy atom. The molecule has 32 heavy (non-hydrogen) atoms. The van der Waals surface area contributed by atoms with E-state index in [9.17, 15) is 4.79 Å². The molecule has 0 aliphatic heterocycles. The summed E-state index contributed by atoms with van der Waals surface area (Å²) in [6, 6.07) is 25.2. The van der Waals surface area contributed by atoms with Crippen molar-refractivity contribution in [3.05, 3.63) is 84.4 Å². The van der Waals surface area contributed by atoms with Crippen molar-refractivity contribution in [3.63, 3.8) is 0 Å². The summed E-state index contributed by atoms with van der Waals surface area (Å²) in [5.74, 6) is 0.848. The molecule has 3 aromatic carbocycles. The predicted octanol–water partition coefficient (Wildman–Crippen LogP) is 4.44. The van der Waals surface area contributed by atoms with Crippen molar-refractivity contribution in [2.75, 3.05) is 31.8 Å². The van der Waals surface area contributed by atoms with E-state index >= 15 is 0 Å².